The van der Waals surface area contributed by atoms with Crippen molar-refractivity contribution >= 4 is 23.5 Å². The number of carbonyl (C=O) groups excluding carboxylic acids is 3. The van der Waals surface area contributed by atoms with Gasteiger partial charge < -0.3 is 10.2 Å². The van der Waals surface area contributed by atoms with E-state index >= 15 is 0 Å². The molecule has 1 N–H and O–H groups in total. The van der Waals surface area contributed by atoms with Crippen LogP contribution in [0.4, 0.5) is 23.4 Å². The van der Waals surface area contributed by atoms with Crippen LogP contribution >= 0.6 is 0 Å². The van der Waals surface area contributed by atoms with Crippen molar-refractivity contribution in [2.75, 3.05) is 18.0 Å². The van der Waals surface area contributed by atoms with Gasteiger partial charge in [0.1, 0.15) is 23.7 Å². The molecule has 1 saturated heterocycles. The molecule has 6 rings (SSSR count). The maximum absolute atomic E-state index is 14.2. The first-order valence-corrected chi connectivity index (χ1v) is 14.4. The van der Waals surface area contributed by atoms with Crippen molar-refractivity contribution in [3.63, 3.8) is 0 Å². The van der Waals surface area contributed by atoms with E-state index in [0.29, 0.717) is 42.4 Å². The van der Waals surface area contributed by atoms with Crippen molar-refractivity contribution in [1.82, 2.24) is 20.0 Å². The van der Waals surface area contributed by atoms with Gasteiger partial charge in [-0.1, -0.05) is 18.2 Å². The third-order valence-electron chi connectivity index (χ3n) is 8.39. The molecule has 2 aromatic carbocycles. The highest BCUT2D eigenvalue weighted by atomic mass is 19.4. The number of fused-ring (bicyclic) bond motifs is 1. The Bertz CT molecular complexity index is 1670. The van der Waals surface area contributed by atoms with E-state index in [9.17, 15) is 37.2 Å². The molecule has 9 nitrogen and oxygen atoms in total. The number of likely N-dealkylation sites (N-methyl/N-ethyl adjacent to an activating group) is 1. The topological polar surface area (TPSA) is 111 Å². The van der Waals surface area contributed by atoms with Gasteiger partial charge in [0.25, 0.3) is 17.7 Å². The monoisotopic (exact) mass is 608 g/mol. The lowest BCUT2D eigenvalue weighted by atomic mass is 9.80. The summed E-state index contributed by atoms with van der Waals surface area (Å²) in [7, 11) is 0. The van der Waals surface area contributed by atoms with Gasteiger partial charge >= 0.3 is 6.18 Å². The largest absolute Gasteiger partial charge is 0.416 e. The zero-order valence-electron chi connectivity index (χ0n) is 23.6. The summed E-state index contributed by atoms with van der Waals surface area (Å²) in [4.78, 5) is 44.6. The minimum atomic E-state index is -4.69. The van der Waals surface area contributed by atoms with E-state index < -0.39 is 53.3 Å². The molecule has 3 aliphatic rings. The first kappa shape index (κ1) is 29.3. The van der Waals surface area contributed by atoms with Gasteiger partial charge in [-0.3, -0.25) is 19.3 Å². The molecule has 3 heterocycles. The zero-order valence-corrected chi connectivity index (χ0v) is 23.6. The number of anilines is 1. The van der Waals surface area contributed by atoms with Crippen LogP contribution in [0.15, 0.2) is 48.5 Å². The minimum absolute atomic E-state index is 0.0210. The van der Waals surface area contributed by atoms with Crippen molar-refractivity contribution in [1.29, 1.82) is 5.26 Å². The fraction of sp³-hybridized carbons (Fsp3) is 0.387. The van der Waals surface area contributed by atoms with Crippen LogP contribution in [0.25, 0.3) is 0 Å². The van der Waals surface area contributed by atoms with Crippen molar-refractivity contribution in [3.8, 4) is 6.07 Å². The first-order valence-electron chi connectivity index (χ1n) is 14.4. The van der Waals surface area contributed by atoms with Crippen molar-refractivity contribution < 1.29 is 31.9 Å². The number of amides is 3. The van der Waals surface area contributed by atoms with Crippen LogP contribution < -0.4 is 10.2 Å². The Morgan fingerprint density at radius 1 is 1.11 bits per heavy atom. The lowest BCUT2D eigenvalue weighted by molar-refractivity contribution is -0.137. The Labute approximate surface area is 250 Å². The van der Waals surface area contributed by atoms with E-state index in [2.05, 4.69) is 11.4 Å². The maximum atomic E-state index is 14.2. The standard InChI is InChI=1S/C31H28F4N6O3/c1-2-39-28-24(26(38-41(28)21-12-13-21)30(44)40-14-4-7-22(40)16-36)23(17-8-10-20(32)11-9-17)25(29(39)43)37-27(42)18-5-3-6-19(15-18)31(33,34)35/h3,5-6,8-11,15,21-23,25H,2,4,7,12-14H2,1H3,(H,37,42)/t22-,23+,25+/m0/s1. The van der Waals surface area contributed by atoms with Crippen LogP contribution in [0.1, 0.15) is 82.1 Å². The van der Waals surface area contributed by atoms with Gasteiger partial charge in [0.2, 0.25) is 0 Å². The summed E-state index contributed by atoms with van der Waals surface area (Å²) in [5, 5.41) is 17.0. The predicted octanol–water partition coefficient (Wildman–Crippen LogP) is 4.80. The van der Waals surface area contributed by atoms with Gasteiger partial charge in [0.15, 0.2) is 5.69 Å². The first-order chi connectivity index (χ1) is 21.0. The lowest BCUT2D eigenvalue weighted by Gasteiger charge is -2.38. The van der Waals surface area contributed by atoms with Crippen molar-refractivity contribution in [2.24, 2.45) is 0 Å². The van der Waals surface area contributed by atoms with Gasteiger partial charge in [-0.25, -0.2) is 9.07 Å². The number of nitrogens with one attached hydrogen (secondary N) is 1. The smallest absolute Gasteiger partial charge is 0.339 e. The number of benzene rings is 2. The molecule has 3 atom stereocenters. The molecule has 0 bridgehead atoms. The Morgan fingerprint density at radius 2 is 1.84 bits per heavy atom. The molecule has 3 amide bonds. The van der Waals surface area contributed by atoms with Crippen LogP contribution in [0.3, 0.4) is 0 Å². The summed E-state index contributed by atoms with van der Waals surface area (Å²) in [6.07, 6.45) is -2.01. The maximum Gasteiger partial charge on any atom is 0.416 e. The molecule has 3 aromatic rings. The summed E-state index contributed by atoms with van der Waals surface area (Å²) in [5.74, 6) is -3.17. The quantitative estimate of drug-likeness (QED) is 0.404. The van der Waals surface area contributed by atoms with Crippen LogP contribution in [-0.2, 0) is 11.0 Å². The third-order valence-corrected chi connectivity index (χ3v) is 8.39. The second-order valence-electron chi connectivity index (χ2n) is 11.2. The van der Waals surface area contributed by atoms with Crippen LogP contribution in [0.2, 0.25) is 0 Å². The van der Waals surface area contributed by atoms with E-state index in [-0.39, 0.29) is 23.8 Å². The Kier molecular flexibility index (Phi) is 7.39. The van der Waals surface area contributed by atoms with Gasteiger partial charge in [0, 0.05) is 30.1 Å². The van der Waals surface area contributed by atoms with E-state index in [4.69, 9.17) is 5.10 Å². The molecule has 1 aliphatic carbocycles. The zero-order chi connectivity index (χ0) is 31.3. The molecule has 2 aliphatic heterocycles. The molecule has 0 spiro atoms. The number of nitriles is 1. The number of alkyl halides is 3. The highest BCUT2D eigenvalue weighted by Crippen LogP contribution is 2.48. The van der Waals surface area contributed by atoms with Gasteiger partial charge in [-0.15, -0.1) is 0 Å². The molecule has 2 fully saturated rings. The molecule has 13 heteroatoms. The summed E-state index contributed by atoms with van der Waals surface area (Å²) in [5.41, 5.74) is -0.573. The fourth-order valence-electron chi connectivity index (χ4n) is 6.13. The van der Waals surface area contributed by atoms with E-state index in [1.54, 1.807) is 11.6 Å². The Morgan fingerprint density at radius 3 is 2.48 bits per heavy atom. The number of carbonyl (C=O) groups is 3. The highest BCUT2D eigenvalue weighted by Gasteiger charge is 2.49. The highest BCUT2D eigenvalue weighted by molar-refractivity contribution is 6.07. The van der Waals surface area contributed by atoms with Gasteiger partial charge in [0.05, 0.1) is 17.7 Å². The molecular formula is C31H28F4N6O3. The van der Waals surface area contributed by atoms with Crippen molar-refractivity contribution in [3.05, 3.63) is 82.3 Å². The summed E-state index contributed by atoms with van der Waals surface area (Å²) >= 11 is 0. The number of nitrogens with zero attached hydrogens (tertiary/aromatic N) is 5. The van der Waals surface area contributed by atoms with Crippen LogP contribution in [-0.4, -0.2) is 57.6 Å². The molecule has 44 heavy (non-hydrogen) atoms. The summed E-state index contributed by atoms with van der Waals surface area (Å²) < 4.78 is 56.0. The molecular weight excluding hydrogens is 580 g/mol. The Hall–Kier alpha value is -4.73. The van der Waals surface area contributed by atoms with Gasteiger partial charge in [-0.2, -0.15) is 23.5 Å². The fourth-order valence-corrected chi connectivity index (χ4v) is 6.13. The van der Waals surface area contributed by atoms with Gasteiger partial charge in [-0.05, 0) is 68.5 Å². The Balaban J connectivity index is 1.51. The van der Waals surface area contributed by atoms with E-state index in [1.165, 1.54) is 40.1 Å². The van der Waals surface area contributed by atoms with E-state index in [0.717, 1.165) is 25.0 Å². The normalized spacial score (nSPS) is 21.6. The number of rotatable bonds is 6. The van der Waals surface area contributed by atoms with Crippen LogP contribution in [0, 0.1) is 17.1 Å². The average molecular weight is 609 g/mol. The van der Waals surface area contributed by atoms with E-state index in [1.807, 2.05) is 0 Å². The second kappa shape index (κ2) is 11.1. The molecule has 0 radical (unpaired) electrons. The summed E-state index contributed by atoms with van der Waals surface area (Å²) in [6, 6.07) is 9.19. The third kappa shape index (κ3) is 5.08. The minimum Gasteiger partial charge on any atom is -0.339 e. The lowest BCUT2D eigenvalue weighted by Crippen LogP contribution is -2.55. The number of halogens is 4. The summed E-state index contributed by atoms with van der Waals surface area (Å²) in [6.45, 7) is 2.22. The molecule has 1 aromatic heterocycles. The SMILES string of the molecule is CCN1C(=O)[C@H](NC(=O)c2cccc(C(F)(F)F)c2)[C@H](c2ccc(F)cc2)c2c(C(=O)N3CCC[C@H]3C#N)nn(C3CC3)c21. The number of hydrogen-bond donors (Lipinski definition) is 1. The molecule has 228 valence electrons. The molecule has 1 saturated carbocycles. The number of hydrogen-bond acceptors (Lipinski definition) is 5. The molecule has 0 unspecified atom stereocenters. The number of aromatic nitrogens is 2. The van der Waals surface area contributed by atoms with Crippen LogP contribution in [0.5, 0.6) is 0 Å². The number of likely N-dealkylation sites (tertiary alicyclic amines) is 1. The average Bonchev–Trinajstić information content (AvgIpc) is 3.61. The van der Waals surface area contributed by atoms with Crippen molar-refractivity contribution in [2.45, 2.75) is 62.8 Å². The predicted molar refractivity (Wildman–Crippen MR) is 149 cm³/mol. The second-order valence-corrected chi connectivity index (χ2v) is 11.2.